The van der Waals surface area contributed by atoms with E-state index in [2.05, 4.69) is 257 Å². The Bertz CT molecular complexity index is 3260. The number of fused-ring (bicyclic) bond motifs is 5. The topological polar surface area (TPSA) is 6.48 Å². The lowest BCUT2D eigenvalue weighted by molar-refractivity contribution is 0.392. The fraction of sp³-hybridized carbons (Fsp3) is 0.273. The fourth-order valence-electron chi connectivity index (χ4n) is 11.6. The Balaban J connectivity index is 1.24. The second-order valence-electron chi connectivity index (χ2n) is 24.4. The van der Waals surface area contributed by atoms with Gasteiger partial charge in [0.05, 0.1) is 5.69 Å². The van der Waals surface area contributed by atoms with Gasteiger partial charge in [0.15, 0.2) is 0 Å². The van der Waals surface area contributed by atoms with Crippen molar-refractivity contribution in [1.82, 2.24) is 0 Å². The SMILES string of the molecule is Cc1cc2c3c(c1)N(c1ccc(C(C)(C)C)cc1-c1cc(-c4ccccc4)cc(-c4ccccc4)c1)c1cc4c(cc1B3c1ccc(C(C)(C)C)cc1N2c1cccc(C(C)(C)C)c1)CC(C)(C)C4. The van der Waals surface area contributed by atoms with E-state index in [1.165, 1.54) is 117 Å². The maximum absolute atomic E-state index is 2.68. The maximum atomic E-state index is 2.68. The molecule has 0 unspecified atom stereocenters. The van der Waals surface area contributed by atoms with Gasteiger partial charge < -0.3 is 9.80 Å². The summed E-state index contributed by atoms with van der Waals surface area (Å²) in [6.07, 6.45) is 2.15. The van der Waals surface area contributed by atoms with Crippen molar-refractivity contribution in [3.63, 3.8) is 0 Å². The van der Waals surface area contributed by atoms with Crippen molar-refractivity contribution in [3.8, 4) is 33.4 Å². The zero-order chi connectivity index (χ0) is 48.4. The van der Waals surface area contributed by atoms with Crippen LogP contribution in [0.5, 0.6) is 0 Å². The number of rotatable bonds is 5. The van der Waals surface area contributed by atoms with Crippen LogP contribution in [0.1, 0.15) is 110 Å². The largest absolute Gasteiger partial charge is 0.311 e. The first-order chi connectivity index (χ1) is 32.7. The van der Waals surface area contributed by atoms with Gasteiger partial charge in [-0.05, 0) is 186 Å². The van der Waals surface area contributed by atoms with Crippen molar-refractivity contribution in [2.24, 2.45) is 5.41 Å². The minimum Gasteiger partial charge on any atom is -0.311 e. The van der Waals surface area contributed by atoms with Crippen LogP contribution in [0.25, 0.3) is 33.4 Å². The Kier molecular flexibility index (Phi) is 10.4. The van der Waals surface area contributed by atoms with Crippen molar-refractivity contribution in [3.05, 3.63) is 197 Å². The minimum absolute atomic E-state index is 0.00580. The van der Waals surface area contributed by atoms with Crippen molar-refractivity contribution in [2.45, 2.75) is 112 Å². The van der Waals surface area contributed by atoms with E-state index in [1.54, 1.807) is 0 Å². The van der Waals surface area contributed by atoms with Gasteiger partial charge in [-0.25, -0.2) is 0 Å². The van der Waals surface area contributed by atoms with E-state index in [0.29, 0.717) is 0 Å². The van der Waals surface area contributed by atoms with Crippen LogP contribution in [0.15, 0.2) is 164 Å². The van der Waals surface area contributed by atoms with Crippen molar-refractivity contribution in [2.75, 3.05) is 9.80 Å². The molecular formula is C66H67BN2. The summed E-state index contributed by atoms with van der Waals surface area (Å²) in [5, 5.41) is 0. The summed E-state index contributed by atoms with van der Waals surface area (Å²) in [6, 6.07) is 63.4. The van der Waals surface area contributed by atoms with E-state index < -0.39 is 0 Å². The molecule has 0 radical (unpaired) electrons. The highest BCUT2D eigenvalue weighted by molar-refractivity contribution is 7.00. The van der Waals surface area contributed by atoms with Crippen molar-refractivity contribution >= 4 is 57.2 Å². The lowest BCUT2D eigenvalue weighted by Gasteiger charge is -2.45. The normalized spacial score (nSPS) is 14.9. The molecule has 0 atom stereocenters. The zero-order valence-corrected chi connectivity index (χ0v) is 43.0. The number of nitrogens with zero attached hydrogens (tertiary/aromatic N) is 2. The van der Waals surface area contributed by atoms with E-state index in [-0.39, 0.29) is 28.4 Å². The fourth-order valence-corrected chi connectivity index (χ4v) is 11.6. The quantitative estimate of drug-likeness (QED) is 0.159. The highest BCUT2D eigenvalue weighted by Crippen LogP contribution is 2.50. The molecule has 0 bridgehead atoms. The Labute approximate surface area is 413 Å². The van der Waals surface area contributed by atoms with Crippen LogP contribution in [0.2, 0.25) is 0 Å². The Hall–Kier alpha value is -6.58. The van der Waals surface area contributed by atoms with Gasteiger partial charge >= 0.3 is 0 Å². The maximum Gasteiger partial charge on any atom is 0.252 e. The van der Waals surface area contributed by atoms with Gasteiger partial charge in [0, 0.05) is 34.0 Å². The number of hydrogen-bond acceptors (Lipinski definition) is 2. The molecule has 11 rings (SSSR count). The summed E-state index contributed by atoms with van der Waals surface area (Å²) in [5.41, 5.74) is 27.3. The molecule has 3 heteroatoms. The highest BCUT2D eigenvalue weighted by atomic mass is 15.2. The van der Waals surface area contributed by atoms with Gasteiger partial charge in [-0.3, -0.25) is 0 Å². The molecule has 0 N–H and O–H groups in total. The minimum atomic E-state index is -0.0654. The molecule has 2 aliphatic heterocycles. The summed E-state index contributed by atoms with van der Waals surface area (Å²) in [6.45, 7) is 28.3. The van der Waals surface area contributed by atoms with E-state index in [4.69, 9.17) is 0 Å². The van der Waals surface area contributed by atoms with Crippen LogP contribution in [0.3, 0.4) is 0 Å². The molecule has 1 aliphatic carbocycles. The Morgan fingerprint density at radius 3 is 1.54 bits per heavy atom. The first-order valence-corrected chi connectivity index (χ1v) is 25.3. The summed E-state index contributed by atoms with van der Waals surface area (Å²) < 4.78 is 0. The van der Waals surface area contributed by atoms with Gasteiger partial charge in [-0.1, -0.05) is 173 Å². The van der Waals surface area contributed by atoms with Gasteiger partial charge in [0.2, 0.25) is 0 Å². The monoisotopic (exact) mass is 899 g/mol. The molecule has 2 heterocycles. The lowest BCUT2D eigenvalue weighted by Crippen LogP contribution is -2.61. The molecule has 2 nitrogen and oxygen atoms in total. The van der Waals surface area contributed by atoms with Gasteiger partial charge in [-0.2, -0.15) is 0 Å². The van der Waals surface area contributed by atoms with Gasteiger partial charge in [-0.15, -0.1) is 0 Å². The van der Waals surface area contributed by atoms with Crippen LogP contribution in [0.4, 0.5) is 34.1 Å². The van der Waals surface area contributed by atoms with Gasteiger partial charge in [0.1, 0.15) is 0 Å². The number of anilines is 6. The van der Waals surface area contributed by atoms with Crippen LogP contribution in [-0.2, 0) is 29.1 Å². The molecule has 3 aliphatic rings. The van der Waals surface area contributed by atoms with E-state index in [9.17, 15) is 0 Å². The van der Waals surface area contributed by atoms with E-state index >= 15 is 0 Å². The van der Waals surface area contributed by atoms with Crippen molar-refractivity contribution in [1.29, 1.82) is 0 Å². The molecule has 0 fully saturated rings. The van der Waals surface area contributed by atoms with E-state index in [1.807, 2.05) is 0 Å². The summed E-state index contributed by atoms with van der Waals surface area (Å²) in [7, 11) is 0. The standard InChI is InChI=1S/C66H67BN2/c1-42-30-60-62-61(31-42)69(57-29-27-51(64(5,6)7)38-54(57)47-33-45(43-20-15-13-16-21-43)32-46(34-47)44-22-17-14-18-23-44)58-36-49-41-66(11,12)40-48(49)35-56(58)67(62)55-28-26-52(65(8,9)10)39-59(55)68(60)53-25-19-24-50(37-53)63(2,3)4/h13-39H,40-41H2,1-12H3. The molecule has 8 aromatic carbocycles. The molecule has 0 saturated carbocycles. The summed E-state index contributed by atoms with van der Waals surface area (Å²) in [5.74, 6) is 0. The second kappa shape index (κ2) is 16.0. The Morgan fingerprint density at radius 2 is 0.928 bits per heavy atom. The molecule has 344 valence electrons. The molecule has 0 spiro atoms. The molecule has 69 heavy (non-hydrogen) atoms. The Morgan fingerprint density at radius 1 is 0.406 bits per heavy atom. The first-order valence-electron chi connectivity index (χ1n) is 25.3. The van der Waals surface area contributed by atoms with Crippen LogP contribution >= 0.6 is 0 Å². The van der Waals surface area contributed by atoms with Crippen LogP contribution in [-0.4, -0.2) is 6.71 Å². The molecule has 0 aromatic heterocycles. The lowest BCUT2D eigenvalue weighted by atomic mass is 9.33. The molecular weight excluding hydrogens is 832 g/mol. The number of aryl methyl sites for hydroxylation is 1. The third kappa shape index (κ3) is 7.93. The second-order valence-corrected chi connectivity index (χ2v) is 24.4. The first kappa shape index (κ1) is 44.9. The van der Waals surface area contributed by atoms with Crippen molar-refractivity contribution < 1.29 is 0 Å². The molecule has 8 aromatic rings. The molecule has 0 saturated heterocycles. The van der Waals surface area contributed by atoms with Crippen LogP contribution in [0, 0.1) is 12.3 Å². The zero-order valence-electron chi connectivity index (χ0n) is 43.0. The summed E-state index contributed by atoms with van der Waals surface area (Å²) in [4.78, 5) is 5.29. The van der Waals surface area contributed by atoms with E-state index in [0.717, 1.165) is 12.8 Å². The third-order valence-corrected chi connectivity index (χ3v) is 15.3. The van der Waals surface area contributed by atoms with Gasteiger partial charge in [0.25, 0.3) is 6.71 Å². The predicted molar refractivity (Wildman–Crippen MR) is 299 cm³/mol. The molecule has 0 amide bonds. The average molecular weight is 899 g/mol. The summed E-state index contributed by atoms with van der Waals surface area (Å²) >= 11 is 0. The smallest absolute Gasteiger partial charge is 0.252 e. The average Bonchev–Trinajstić information content (AvgIpc) is 3.62. The highest BCUT2D eigenvalue weighted by Gasteiger charge is 2.45. The third-order valence-electron chi connectivity index (χ3n) is 15.3. The van der Waals surface area contributed by atoms with Crippen LogP contribution < -0.4 is 26.2 Å². The number of hydrogen-bond donors (Lipinski definition) is 0. The number of benzene rings is 8. The predicted octanol–water partition coefficient (Wildman–Crippen LogP) is 16.1.